The highest BCUT2D eigenvalue weighted by atomic mass is 32.1. The van der Waals surface area contributed by atoms with Crippen molar-refractivity contribution in [2.24, 2.45) is 0 Å². The molecule has 1 unspecified atom stereocenters. The number of aliphatic hydroxyl groups is 1. The predicted octanol–water partition coefficient (Wildman–Crippen LogP) is 3.24. The van der Waals surface area contributed by atoms with E-state index in [0.717, 1.165) is 16.2 Å². The van der Waals surface area contributed by atoms with Crippen LogP contribution >= 0.6 is 11.3 Å². The van der Waals surface area contributed by atoms with Crippen molar-refractivity contribution in [1.29, 1.82) is 0 Å². The molecule has 19 heavy (non-hydrogen) atoms. The maximum absolute atomic E-state index is 10.9. The Morgan fingerprint density at radius 1 is 1.32 bits per heavy atom. The van der Waals surface area contributed by atoms with E-state index in [9.17, 15) is 5.11 Å². The van der Waals surface area contributed by atoms with E-state index in [4.69, 9.17) is 0 Å². The van der Waals surface area contributed by atoms with Crippen LogP contribution in [-0.2, 0) is 12.0 Å². The largest absolute Gasteiger partial charge is 0.385 e. The average Bonchev–Trinajstić information content (AvgIpc) is 3.00. The number of hydrogen-bond donors (Lipinski definition) is 1. The first-order chi connectivity index (χ1) is 9.21. The molecular weight excluding hydrogens is 256 g/mol. The lowest BCUT2D eigenvalue weighted by atomic mass is 9.87. The lowest BCUT2D eigenvalue weighted by Crippen LogP contribution is -2.27. The van der Waals surface area contributed by atoms with Gasteiger partial charge in [-0.2, -0.15) is 0 Å². The van der Waals surface area contributed by atoms with Crippen LogP contribution in [0.4, 0.5) is 0 Å². The third-order valence-corrected chi connectivity index (χ3v) is 4.28. The summed E-state index contributed by atoms with van der Waals surface area (Å²) in [4.78, 5) is 5.53. The van der Waals surface area contributed by atoms with E-state index in [2.05, 4.69) is 4.98 Å². The molecule has 4 heteroatoms. The fourth-order valence-corrected chi connectivity index (χ4v) is 3.06. The molecule has 0 bridgehead atoms. The summed E-state index contributed by atoms with van der Waals surface area (Å²) < 4.78 is 2.00. The van der Waals surface area contributed by atoms with Gasteiger partial charge in [-0.05, 0) is 12.0 Å². The predicted molar refractivity (Wildman–Crippen MR) is 77.4 cm³/mol. The first-order valence-corrected chi connectivity index (χ1v) is 7.28. The second kappa shape index (κ2) is 4.79. The molecule has 0 aliphatic heterocycles. The van der Waals surface area contributed by atoms with Crippen molar-refractivity contribution in [2.75, 3.05) is 0 Å². The van der Waals surface area contributed by atoms with Crippen molar-refractivity contribution in [2.45, 2.75) is 25.4 Å². The SMILES string of the molecule is CCC(O)(Cc1cn2ccsc2n1)c1ccccc1. The number of rotatable bonds is 4. The summed E-state index contributed by atoms with van der Waals surface area (Å²) in [6.07, 6.45) is 5.20. The van der Waals surface area contributed by atoms with Gasteiger partial charge in [0.25, 0.3) is 0 Å². The highest BCUT2D eigenvalue weighted by Gasteiger charge is 2.28. The monoisotopic (exact) mass is 272 g/mol. The molecule has 0 aliphatic rings. The van der Waals surface area contributed by atoms with E-state index in [1.165, 1.54) is 0 Å². The summed E-state index contributed by atoms with van der Waals surface area (Å²) in [5.74, 6) is 0. The van der Waals surface area contributed by atoms with Crippen LogP contribution < -0.4 is 0 Å². The first kappa shape index (κ1) is 12.4. The van der Waals surface area contributed by atoms with Gasteiger partial charge in [-0.15, -0.1) is 11.3 Å². The van der Waals surface area contributed by atoms with Gasteiger partial charge in [0.05, 0.1) is 11.3 Å². The zero-order chi connectivity index (χ0) is 13.3. The van der Waals surface area contributed by atoms with E-state index in [-0.39, 0.29) is 0 Å². The minimum atomic E-state index is -0.842. The van der Waals surface area contributed by atoms with Crippen molar-refractivity contribution < 1.29 is 5.11 Å². The van der Waals surface area contributed by atoms with E-state index in [1.807, 2.05) is 59.4 Å². The molecular formula is C15H16N2OS. The lowest BCUT2D eigenvalue weighted by molar-refractivity contribution is 0.0319. The Labute approximate surface area is 116 Å². The molecule has 0 spiro atoms. The van der Waals surface area contributed by atoms with Gasteiger partial charge in [0.1, 0.15) is 0 Å². The molecule has 0 fully saturated rings. The number of hydrogen-bond acceptors (Lipinski definition) is 3. The Morgan fingerprint density at radius 2 is 2.11 bits per heavy atom. The standard InChI is InChI=1S/C15H16N2OS/c1-2-15(18,12-6-4-3-5-7-12)10-13-11-17-8-9-19-14(17)16-13/h3-9,11,18H,2,10H2,1H3. The van der Waals surface area contributed by atoms with Crippen molar-refractivity contribution in [1.82, 2.24) is 9.38 Å². The Kier molecular flexibility index (Phi) is 3.12. The number of benzene rings is 1. The van der Waals surface area contributed by atoms with Gasteiger partial charge in [-0.25, -0.2) is 4.98 Å². The van der Waals surface area contributed by atoms with Crippen molar-refractivity contribution in [3.63, 3.8) is 0 Å². The van der Waals surface area contributed by atoms with Crippen LogP contribution in [0.2, 0.25) is 0 Å². The number of thiazole rings is 1. The average molecular weight is 272 g/mol. The van der Waals surface area contributed by atoms with Gasteiger partial charge in [-0.3, -0.25) is 4.40 Å². The normalized spacial score (nSPS) is 14.6. The van der Waals surface area contributed by atoms with E-state index in [1.54, 1.807) is 11.3 Å². The van der Waals surface area contributed by atoms with Crippen LogP contribution in [0.3, 0.4) is 0 Å². The summed E-state index contributed by atoms with van der Waals surface area (Å²) in [5, 5.41) is 12.9. The number of nitrogens with zero attached hydrogens (tertiary/aromatic N) is 2. The second-order valence-electron chi connectivity index (χ2n) is 4.75. The van der Waals surface area contributed by atoms with Crippen LogP contribution in [0.15, 0.2) is 48.1 Å². The molecule has 0 saturated heterocycles. The highest BCUT2D eigenvalue weighted by Crippen LogP contribution is 2.29. The number of fused-ring (bicyclic) bond motifs is 1. The van der Waals surface area contributed by atoms with Crippen LogP contribution in [0, 0.1) is 0 Å². The molecule has 1 aromatic carbocycles. The molecule has 3 rings (SSSR count). The van der Waals surface area contributed by atoms with Crippen LogP contribution in [0.5, 0.6) is 0 Å². The Morgan fingerprint density at radius 3 is 2.79 bits per heavy atom. The van der Waals surface area contributed by atoms with Crippen molar-refractivity contribution in [3.8, 4) is 0 Å². The molecule has 0 radical (unpaired) electrons. The van der Waals surface area contributed by atoms with Crippen LogP contribution in [-0.4, -0.2) is 14.5 Å². The molecule has 1 N–H and O–H groups in total. The molecule has 98 valence electrons. The van der Waals surface area contributed by atoms with Crippen molar-refractivity contribution in [3.05, 3.63) is 59.4 Å². The van der Waals surface area contributed by atoms with E-state index >= 15 is 0 Å². The van der Waals surface area contributed by atoms with Crippen LogP contribution in [0.25, 0.3) is 4.96 Å². The first-order valence-electron chi connectivity index (χ1n) is 6.40. The fraction of sp³-hybridized carbons (Fsp3) is 0.267. The molecule has 0 amide bonds. The molecule has 3 nitrogen and oxygen atoms in total. The van der Waals surface area contributed by atoms with Gasteiger partial charge in [0, 0.05) is 24.2 Å². The van der Waals surface area contributed by atoms with Gasteiger partial charge >= 0.3 is 0 Å². The summed E-state index contributed by atoms with van der Waals surface area (Å²) in [7, 11) is 0. The Hall–Kier alpha value is -1.65. The summed E-state index contributed by atoms with van der Waals surface area (Å²) in [6, 6.07) is 9.83. The highest BCUT2D eigenvalue weighted by molar-refractivity contribution is 7.15. The molecule has 1 atom stereocenters. The summed E-state index contributed by atoms with van der Waals surface area (Å²) in [5.41, 5.74) is 1.04. The molecule has 2 aromatic heterocycles. The molecule has 2 heterocycles. The Balaban J connectivity index is 1.92. The minimum Gasteiger partial charge on any atom is -0.385 e. The number of imidazole rings is 1. The topological polar surface area (TPSA) is 37.5 Å². The smallest absolute Gasteiger partial charge is 0.193 e. The molecule has 3 aromatic rings. The summed E-state index contributed by atoms with van der Waals surface area (Å²) in [6.45, 7) is 2.01. The minimum absolute atomic E-state index is 0.544. The quantitative estimate of drug-likeness (QED) is 0.791. The maximum atomic E-state index is 10.9. The Bertz CT molecular complexity index is 645. The molecule has 0 saturated carbocycles. The van der Waals surface area contributed by atoms with E-state index in [0.29, 0.717) is 12.8 Å². The summed E-state index contributed by atoms with van der Waals surface area (Å²) >= 11 is 1.61. The lowest BCUT2D eigenvalue weighted by Gasteiger charge is -2.26. The number of aromatic nitrogens is 2. The maximum Gasteiger partial charge on any atom is 0.193 e. The fourth-order valence-electron chi connectivity index (χ4n) is 2.34. The third-order valence-electron chi connectivity index (χ3n) is 3.51. The van der Waals surface area contributed by atoms with E-state index < -0.39 is 5.60 Å². The second-order valence-corrected chi connectivity index (χ2v) is 5.63. The zero-order valence-corrected chi connectivity index (χ0v) is 11.6. The van der Waals surface area contributed by atoms with Gasteiger partial charge < -0.3 is 5.11 Å². The zero-order valence-electron chi connectivity index (χ0n) is 10.8. The third kappa shape index (κ3) is 2.29. The van der Waals surface area contributed by atoms with Crippen LogP contribution in [0.1, 0.15) is 24.6 Å². The molecule has 0 aliphatic carbocycles. The van der Waals surface area contributed by atoms with Gasteiger partial charge in [-0.1, -0.05) is 37.3 Å². The van der Waals surface area contributed by atoms with Gasteiger partial charge in [0.15, 0.2) is 4.96 Å². The van der Waals surface area contributed by atoms with Gasteiger partial charge in [0.2, 0.25) is 0 Å². The van der Waals surface area contributed by atoms with Crippen molar-refractivity contribution >= 4 is 16.3 Å².